The van der Waals surface area contributed by atoms with Crippen molar-refractivity contribution in [2.24, 2.45) is 0 Å². The zero-order valence-corrected chi connectivity index (χ0v) is 46.4. The Morgan fingerprint density at radius 3 is 0.808 bits per heavy atom. The van der Waals surface area contributed by atoms with E-state index in [0.29, 0.717) is 30.9 Å². The number of unbranched alkanes of at least 4 members (excludes halogenated alkanes) is 8. The van der Waals surface area contributed by atoms with Crippen molar-refractivity contribution in [2.45, 2.75) is 224 Å². The number of benzene rings is 2. The molecule has 0 fully saturated rings. The number of hydrogen-bond acceptors (Lipinski definition) is 2. The summed E-state index contributed by atoms with van der Waals surface area (Å²) in [6.07, 6.45) is 22.8. The van der Waals surface area contributed by atoms with Gasteiger partial charge < -0.3 is 0 Å². The topological polar surface area (TPSA) is 0 Å². The first-order chi connectivity index (χ1) is 25.3. The third-order valence-corrected chi connectivity index (χ3v) is 34.6. The van der Waals surface area contributed by atoms with Gasteiger partial charge in [-0.15, -0.1) is 0 Å². The van der Waals surface area contributed by atoms with Gasteiger partial charge in [0, 0.05) is 0 Å². The molecule has 52 heavy (non-hydrogen) atoms. The van der Waals surface area contributed by atoms with E-state index >= 15 is 0 Å². The molecule has 0 nitrogen and oxygen atoms in total. The first-order valence-electron chi connectivity index (χ1n) is 21.9. The van der Waals surface area contributed by atoms with Crippen LogP contribution in [0.25, 0.3) is 0 Å². The van der Waals surface area contributed by atoms with Gasteiger partial charge in [-0.3, -0.25) is 0 Å². The van der Waals surface area contributed by atoms with E-state index in [1.54, 1.807) is 21.0 Å². The van der Waals surface area contributed by atoms with Crippen LogP contribution < -0.4 is 0 Å². The third kappa shape index (κ3) is 39.5. The molecule has 0 spiro atoms. The Morgan fingerprint density at radius 2 is 0.596 bits per heavy atom. The van der Waals surface area contributed by atoms with E-state index in [1.807, 2.05) is 0 Å². The van der Waals surface area contributed by atoms with Crippen molar-refractivity contribution >= 4 is 77.5 Å². The quantitative estimate of drug-likeness (QED) is 0.0615. The standard InChI is InChI=1S/2C15H25GeS.2C8H18Ge/c2*1-4-6-12-16(13-7-5-2)17-15-10-8-14(3)9-11-15;2*1-3-5-7-9-8-6-4-2/h2*8-11H,4-7,12-13H2,1-3H3;2*3-8H2,1-2H3. The Morgan fingerprint density at radius 1 is 0.365 bits per heavy atom. The molecule has 6 radical (unpaired) electrons. The molecule has 2 rings (SSSR count). The normalized spacial score (nSPS) is 10.7. The molecule has 0 bridgehead atoms. The summed E-state index contributed by atoms with van der Waals surface area (Å²) in [6, 6.07) is 18.2. The van der Waals surface area contributed by atoms with Gasteiger partial charge in [-0.1, -0.05) is 0 Å². The molecule has 0 N–H and O–H groups in total. The molecular formula is C46H86Ge4S2. The van der Waals surface area contributed by atoms with Gasteiger partial charge in [0.05, 0.1) is 0 Å². The minimum atomic E-state index is -0.877. The zero-order valence-electron chi connectivity index (χ0n) is 36.4. The Kier molecular flexibility index (Phi) is 48.0. The Balaban J connectivity index is 0. The molecular weight excluding hydrogens is 907 g/mol. The Hall–Kier alpha value is 1.31. The predicted molar refractivity (Wildman–Crippen MR) is 255 cm³/mol. The van der Waals surface area contributed by atoms with Gasteiger partial charge in [-0.25, -0.2) is 0 Å². The van der Waals surface area contributed by atoms with E-state index in [0.717, 1.165) is 0 Å². The fourth-order valence-electron chi connectivity index (χ4n) is 4.95. The summed E-state index contributed by atoms with van der Waals surface area (Å²) in [5.74, 6) is 0. The summed E-state index contributed by atoms with van der Waals surface area (Å²) in [5.41, 5.74) is 2.75. The molecule has 0 aliphatic heterocycles. The first-order valence-corrected chi connectivity index (χ1v) is 40.6. The SMILES string of the molecule is CCC[CH2][Ge]([CH2]CCC)[S]c1ccc(C)cc1.CCC[CH2][Ge]([CH2]CCC)[S]c1ccc(C)cc1.CCC[CH2][Ge][CH2]CCC.CCC[CH2][Ge][CH2]CCC. The summed E-state index contributed by atoms with van der Waals surface area (Å²) in [7, 11) is 4.49. The molecule has 0 saturated heterocycles. The van der Waals surface area contributed by atoms with Crippen LogP contribution in [0, 0.1) is 13.8 Å². The van der Waals surface area contributed by atoms with Crippen LogP contribution in [0.5, 0.6) is 0 Å². The van der Waals surface area contributed by atoms with Crippen LogP contribution in [0.1, 0.15) is 169 Å². The maximum absolute atomic E-state index is 2.31. The molecule has 298 valence electrons. The van der Waals surface area contributed by atoms with Crippen LogP contribution in [-0.2, 0) is 0 Å². The fourth-order valence-corrected chi connectivity index (χ4v) is 31.5. The van der Waals surface area contributed by atoms with Gasteiger partial charge in [-0.2, -0.15) is 0 Å². The van der Waals surface area contributed by atoms with Crippen molar-refractivity contribution in [3.8, 4) is 0 Å². The molecule has 0 amide bonds. The first kappa shape index (κ1) is 55.4. The predicted octanol–water partition coefficient (Wildman–Crippen LogP) is 17.6. The second kappa shape index (κ2) is 45.0. The van der Waals surface area contributed by atoms with Gasteiger partial charge >= 0.3 is 361 Å². The maximum atomic E-state index is 2.31. The molecule has 0 unspecified atom stereocenters. The number of aryl methyl sites for hydroxylation is 2. The summed E-state index contributed by atoms with van der Waals surface area (Å²) >= 11 is -0.761. The van der Waals surface area contributed by atoms with E-state index in [9.17, 15) is 0 Å². The van der Waals surface area contributed by atoms with E-state index < -0.39 is 26.4 Å². The van der Waals surface area contributed by atoms with Crippen LogP contribution in [-0.4, -0.2) is 57.3 Å². The van der Waals surface area contributed by atoms with Crippen molar-refractivity contribution in [1.82, 2.24) is 0 Å². The average Bonchev–Trinajstić information content (AvgIpc) is 3.16. The average molecular weight is 994 g/mol. The molecule has 2 aromatic rings. The zero-order chi connectivity index (χ0) is 38.9. The third-order valence-electron chi connectivity index (χ3n) is 8.63. The van der Waals surface area contributed by atoms with Crippen molar-refractivity contribution in [3.63, 3.8) is 0 Å². The monoisotopic (exact) mass is 998 g/mol. The minimum absolute atomic E-state index is 0.496. The van der Waals surface area contributed by atoms with E-state index in [4.69, 9.17) is 0 Å². The van der Waals surface area contributed by atoms with Crippen LogP contribution >= 0.6 is 20.2 Å². The Labute approximate surface area is 357 Å². The molecule has 0 aliphatic carbocycles. The number of rotatable bonds is 28. The molecule has 2 aromatic carbocycles. The van der Waals surface area contributed by atoms with E-state index in [-0.39, 0.29) is 0 Å². The van der Waals surface area contributed by atoms with Crippen LogP contribution in [0.4, 0.5) is 0 Å². The Bertz CT molecular complexity index is 833. The van der Waals surface area contributed by atoms with Gasteiger partial charge in [-0.05, 0) is 0 Å². The molecule has 6 heteroatoms. The van der Waals surface area contributed by atoms with Crippen LogP contribution in [0.2, 0.25) is 42.0 Å². The van der Waals surface area contributed by atoms with Crippen LogP contribution in [0.3, 0.4) is 0 Å². The summed E-state index contributed by atoms with van der Waals surface area (Å²) in [6.45, 7) is 22.7. The molecule has 0 heterocycles. The second-order valence-electron chi connectivity index (χ2n) is 14.2. The van der Waals surface area contributed by atoms with E-state index in [1.165, 1.54) is 145 Å². The van der Waals surface area contributed by atoms with Gasteiger partial charge in [0.1, 0.15) is 0 Å². The van der Waals surface area contributed by atoms with Gasteiger partial charge in [0.15, 0.2) is 0 Å². The van der Waals surface area contributed by atoms with E-state index in [2.05, 4.69) is 138 Å². The fraction of sp³-hybridized carbons (Fsp3) is 0.739. The number of hydrogen-bond donors (Lipinski definition) is 0. The summed E-state index contributed by atoms with van der Waals surface area (Å²) in [5, 5.41) is 12.5. The molecule has 0 aliphatic rings. The van der Waals surface area contributed by atoms with Crippen molar-refractivity contribution < 1.29 is 0 Å². The second-order valence-corrected chi connectivity index (χ2v) is 39.2. The molecule has 0 atom stereocenters. The summed E-state index contributed by atoms with van der Waals surface area (Å²) < 4.78 is 0. The van der Waals surface area contributed by atoms with Crippen molar-refractivity contribution in [2.75, 3.05) is 0 Å². The molecule has 0 saturated carbocycles. The molecule has 0 aromatic heterocycles. The summed E-state index contributed by atoms with van der Waals surface area (Å²) in [4.78, 5) is 3.02. The van der Waals surface area contributed by atoms with Crippen LogP contribution in [0.15, 0.2) is 58.3 Å². The van der Waals surface area contributed by atoms with Crippen molar-refractivity contribution in [3.05, 3.63) is 59.7 Å². The van der Waals surface area contributed by atoms with Crippen molar-refractivity contribution in [1.29, 1.82) is 0 Å². The van der Waals surface area contributed by atoms with Gasteiger partial charge in [0.2, 0.25) is 0 Å². The van der Waals surface area contributed by atoms with Gasteiger partial charge in [0.25, 0.3) is 0 Å².